The number of aliphatic carboxylic acids is 1. The number of nitrogens with one attached hydrogen (secondary N) is 1. The quantitative estimate of drug-likeness (QED) is 0.776. The van der Waals surface area contributed by atoms with Crippen molar-refractivity contribution in [2.45, 2.75) is 38.8 Å². The molecule has 0 heterocycles. The van der Waals surface area contributed by atoms with Crippen LogP contribution in [0.3, 0.4) is 0 Å². The number of benzene rings is 1. The van der Waals surface area contributed by atoms with E-state index < -0.39 is 12.0 Å². The van der Waals surface area contributed by atoms with Gasteiger partial charge in [-0.25, -0.2) is 0 Å². The molecular weight excluding hydrogens is 202 g/mol. The third-order valence-corrected chi connectivity index (χ3v) is 2.60. The summed E-state index contributed by atoms with van der Waals surface area (Å²) in [6.07, 6.45) is 1.97. The van der Waals surface area contributed by atoms with Gasteiger partial charge in [-0.05, 0) is 18.9 Å². The van der Waals surface area contributed by atoms with Crippen molar-refractivity contribution in [1.82, 2.24) is 5.32 Å². The Morgan fingerprint density at radius 2 is 2.00 bits per heavy atom. The molecule has 0 fully saturated rings. The van der Waals surface area contributed by atoms with Gasteiger partial charge in [-0.2, -0.15) is 0 Å². The minimum Gasteiger partial charge on any atom is -0.480 e. The highest BCUT2D eigenvalue weighted by molar-refractivity contribution is 5.72. The average molecular weight is 221 g/mol. The van der Waals surface area contributed by atoms with Crippen molar-refractivity contribution < 1.29 is 9.90 Å². The van der Waals surface area contributed by atoms with E-state index >= 15 is 0 Å². The average Bonchev–Trinajstić information content (AvgIpc) is 2.29. The lowest BCUT2D eigenvalue weighted by Gasteiger charge is -2.21. The molecule has 0 radical (unpaired) electrons. The van der Waals surface area contributed by atoms with Gasteiger partial charge in [0.25, 0.3) is 0 Å². The van der Waals surface area contributed by atoms with Gasteiger partial charge in [0.15, 0.2) is 0 Å². The monoisotopic (exact) mass is 221 g/mol. The van der Waals surface area contributed by atoms with Crippen molar-refractivity contribution in [3.63, 3.8) is 0 Å². The van der Waals surface area contributed by atoms with Gasteiger partial charge in [0.2, 0.25) is 0 Å². The first-order valence-electron chi connectivity index (χ1n) is 5.69. The van der Waals surface area contributed by atoms with E-state index in [-0.39, 0.29) is 6.04 Å². The molecule has 3 heteroatoms. The van der Waals surface area contributed by atoms with Gasteiger partial charge >= 0.3 is 5.97 Å². The smallest absolute Gasteiger partial charge is 0.320 e. The third-order valence-electron chi connectivity index (χ3n) is 2.60. The molecule has 1 aromatic rings. The Hall–Kier alpha value is -1.35. The van der Waals surface area contributed by atoms with Crippen molar-refractivity contribution in [3.05, 3.63) is 35.9 Å². The molecule has 0 spiro atoms. The van der Waals surface area contributed by atoms with Crippen molar-refractivity contribution in [1.29, 1.82) is 0 Å². The van der Waals surface area contributed by atoms with Crippen LogP contribution in [-0.2, 0) is 4.79 Å². The fourth-order valence-electron chi connectivity index (χ4n) is 1.69. The van der Waals surface area contributed by atoms with E-state index in [0.717, 1.165) is 18.4 Å². The first-order chi connectivity index (χ1) is 7.65. The first kappa shape index (κ1) is 12.7. The molecule has 0 bridgehead atoms. The summed E-state index contributed by atoms with van der Waals surface area (Å²) in [6, 6.07) is 9.58. The number of carbonyl (C=O) groups is 1. The maximum Gasteiger partial charge on any atom is 0.320 e. The SMILES string of the molecule is CCCC(NC(C)C(=O)O)c1ccccc1. The number of carboxylic acids is 1. The zero-order valence-corrected chi connectivity index (χ0v) is 9.81. The van der Waals surface area contributed by atoms with Gasteiger partial charge in [0.1, 0.15) is 6.04 Å². The van der Waals surface area contributed by atoms with Gasteiger partial charge in [0.05, 0.1) is 0 Å². The predicted octanol–water partition coefficient (Wildman–Crippen LogP) is 2.59. The third kappa shape index (κ3) is 3.66. The van der Waals surface area contributed by atoms with E-state index in [4.69, 9.17) is 5.11 Å². The van der Waals surface area contributed by atoms with E-state index in [1.54, 1.807) is 6.92 Å². The van der Waals surface area contributed by atoms with E-state index in [9.17, 15) is 4.79 Å². The second-order valence-electron chi connectivity index (χ2n) is 3.98. The van der Waals surface area contributed by atoms with E-state index in [0.29, 0.717) is 0 Å². The van der Waals surface area contributed by atoms with Crippen molar-refractivity contribution in [3.8, 4) is 0 Å². The van der Waals surface area contributed by atoms with Crippen molar-refractivity contribution >= 4 is 5.97 Å². The van der Waals surface area contributed by atoms with E-state index in [1.165, 1.54) is 0 Å². The fourth-order valence-corrected chi connectivity index (χ4v) is 1.69. The van der Waals surface area contributed by atoms with Gasteiger partial charge in [-0.1, -0.05) is 43.7 Å². The molecule has 1 rings (SSSR count). The van der Waals surface area contributed by atoms with Gasteiger partial charge in [-0.15, -0.1) is 0 Å². The molecular formula is C13H19NO2. The minimum atomic E-state index is -0.808. The minimum absolute atomic E-state index is 0.122. The van der Waals surface area contributed by atoms with Crippen molar-refractivity contribution in [2.75, 3.05) is 0 Å². The number of rotatable bonds is 6. The standard InChI is InChI=1S/C13H19NO2/c1-3-7-12(14-10(2)13(15)16)11-8-5-4-6-9-11/h4-6,8-10,12,14H,3,7H2,1-2H3,(H,15,16). The van der Waals surface area contributed by atoms with E-state index in [2.05, 4.69) is 12.2 Å². The highest BCUT2D eigenvalue weighted by Gasteiger charge is 2.17. The second-order valence-corrected chi connectivity index (χ2v) is 3.98. The second kappa shape index (κ2) is 6.28. The predicted molar refractivity (Wildman–Crippen MR) is 64.3 cm³/mol. The van der Waals surface area contributed by atoms with Crippen molar-refractivity contribution in [2.24, 2.45) is 0 Å². The zero-order valence-electron chi connectivity index (χ0n) is 9.81. The molecule has 0 saturated carbocycles. The van der Waals surface area contributed by atoms with Crippen LogP contribution in [0.1, 0.15) is 38.3 Å². The maximum absolute atomic E-state index is 10.8. The lowest BCUT2D eigenvalue weighted by molar-refractivity contribution is -0.139. The molecule has 2 unspecified atom stereocenters. The molecule has 2 N–H and O–H groups in total. The largest absolute Gasteiger partial charge is 0.480 e. The van der Waals surface area contributed by atoms with Crippen LogP contribution in [-0.4, -0.2) is 17.1 Å². The Bertz CT molecular complexity index is 324. The van der Waals surface area contributed by atoms with Crippen LogP contribution in [0.2, 0.25) is 0 Å². The summed E-state index contributed by atoms with van der Waals surface area (Å²) >= 11 is 0. The molecule has 0 amide bonds. The summed E-state index contributed by atoms with van der Waals surface area (Å²) in [7, 11) is 0. The van der Waals surface area contributed by atoms with Gasteiger partial charge in [-0.3, -0.25) is 10.1 Å². The summed E-state index contributed by atoms with van der Waals surface area (Å²) in [5.74, 6) is -0.808. The lowest BCUT2D eigenvalue weighted by Crippen LogP contribution is -2.36. The Balaban J connectivity index is 2.72. The molecule has 0 saturated heterocycles. The Morgan fingerprint density at radius 3 is 2.50 bits per heavy atom. The Kier molecular flexibility index (Phi) is 4.99. The summed E-state index contributed by atoms with van der Waals surface area (Å²) in [5, 5.41) is 12.0. The maximum atomic E-state index is 10.8. The lowest BCUT2D eigenvalue weighted by atomic mass is 10.0. The molecule has 0 aromatic heterocycles. The molecule has 0 aliphatic rings. The molecule has 2 atom stereocenters. The molecule has 0 aliphatic heterocycles. The van der Waals surface area contributed by atoms with Crippen LogP contribution in [0, 0.1) is 0 Å². The summed E-state index contributed by atoms with van der Waals surface area (Å²) in [5.41, 5.74) is 1.15. The van der Waals surface area contributed by atoms with Gasteiger partial charge in [0, 0.05) is 6.04 Å². The van der Waals surface area contributed by atoms with Crippen LogP contribution < -0.4 is 5.32 Å². The Morgan fingerprint density at radius 1 is 1.38 bits per heavy atom. The molecule has 1 aromatic carbocycles. The van der Waals surface area contributed by atoms with Crippen LogP contribution in [0.4, 0.5) is 0 Å². The molecule has 16 heavy (non-hydrogen) atoms. The highest BCUT2D eigenvalue weighted by atomic mass is 16.4. The summed E-state index contributed by atoms with van der Waals surface area (Å²) in [4.78, 5) is 10.8. The first-order valence-corrected chi connectivity index (χ1v) is 5.69. The molecule has 3 nitrogen and oxygen atoms in total. The van der Waals surface area contributed by atoms with Crippen LogP contribution >= 0.6 is 0 Å². The normalized spacial score (nSPS) is 14.4. The van der Waals surface area contributed by atoms with Crippen LogP contribution in [0.5, 0.6) is 0 Å². The number of carboxylic acid groups (broad SMARTS) is 1. The number of hydrogen-bond acceptors (Lipinski definition) is 2. The topological polar surface area (TPSA) is 49.3 Å². The van der Waals surface area contributed by atoms with Crippen LogP contribution in [0.15, 0.2) is 30.3 Å². The fraction of sp³-hybridized carbons (Fsp3) is 0.462. The zero-order chi connectivity index (χ0) is 12.0. The Labute approximate surface area is 96.5 Å². The number of hydrogen-bond donors (Lipinski definition) is 2. The molecule has 0 aliphatic carbocycles. The van der Waals surface area contributed by atoms with E-state index in [1.807, 2.05) is 30.3 Å². The summed E-state index contributed by atoms with van der Waals surface area (Å²) < 4.78 is 0. The summed E-state index contributed by atoms with van der Waals surface area (Å²) in [6.45, 7) is 3.77. The van der Waals surface area contributed by atoms with Crippen LogP contribution in [0.25, 0.3) is 0 Å². The molecule has 88 valence electrons. The highest BCUT2D eigenvalue weighted by Crippen LogP contribution is 2.18. The van der Waals surface area contributed by atoms with Gasteiger partial charge < -0.3 is 5.11 Å².